The average molecular weight is 441 g/mol. The van der Waals surface area contributed by atoms with E-state index in [2.05, 4.69) is 5.32 Å². The number of halogens is 3. The Balaban J connectivity index is 1.44. The summed E-state index contributed by atoms with van der Waals surface area (Å²) in [6.07, 6.45) is -4.70. The lowest BCUT2D eigenvalue weighted by Gasteiger charge is -2.16. The molecule has 5 nitrogen and oxygen atoms in total. The molecule has 4 aromatic rings. The SMILES string of the molecule is CC(NC(=O)COc1ccc2c(C(F)(F)F)cc(=O)oc2c1)c1ccc2ccccc2c1. The summed E-state index contributed by atoms with van der Waals surface area (Å²) in [6.45, 7) is 1.48. The smallest absolute Gasteiger partial charge is 0.417 e. The summed E-state index contributed by atoms with van der Waals surface area (Å²) in [4.78, 5) is 23.8. The molecule has 8 heteroatoms. The summed E-state index contributed by atoms with van der Waals surface area (Å²) >= 11 is 0. The van der Waals surface area contributed by atoms with Gasteiger partial charge in [-0.15, -0.1) is 0 Å². The van der Waals surface area contributed by atoms with Crippen molar-refractivity contribution in [1.29, 1.82) is 0 Å². The van der Waals surface area contributed by atoms with Gasteiger partial charge in [0.2, 0.25) is 0 Å². The van der Waals surface area contributed by atoms with Crippen LogP contribution in [0.4, 0.5) is 13.2 Å². The van der Waals surface area contributed by atoms with Crippen LogP contribution in [0.3, 0.4) is 0 Å². The van der Waals surface area contributed by atoms with Crippen molar-refractivity contribution in [3.63, 3.8) is 0 Å². The summed E-state index contributed by atoms with van der Waals surface area (Å²) in [5, 5.41) is 4.70. The summed E-state index contributed by atoms with van der Waals surface area (Å²) < 4.78 is 49.7. The van der Waals surface area contributed by atoms with Gasteiger partial charge in [0.25, 0.3) is 5.91 Å². The number of carbonyl (C=O) groups is 1. The maximum Gasteiger partial charge on any atom is 0.417 e. The van der Waals surface area contributed by atoms with Crippen LogP contribution in [-0.4, -0.2) is 12.5 Å². The van der Waals surface area contributed by atoms with Crippen molar-refractivity contribution in [2.24, 2.45) is 0 Å². The highest BCUT2D eigenvalue weighted by Gasteiger charge is 2.33. The van der Waals surface area contributed by atoms with Gasteiger partial charge in [0.05, 0.1) is 11.6 Å². The molecule has 0 spiro atoms. The first-order valence-electron chi connectivity index (χ1n) is 9.77. The standard InChI is InChI=1S/C24H18F3NO4/c1-14(16-7-6-15-4-2-3-5-17(15)10-16)28-22(29)13-31-18-8-9-19-20(24(25,26)27)12-23(30)32-21(19)11-18/h2-12,14H,13H2,1H3,(H,28,29). The first-order chi connectivity index (χ1) is 15.2. The van der Waals surface area contributed by atoms with Gasteiger partial charge in [-0.1, -0.05) is 36.4 Å². The number of alkyl halides is 3. The van der Waals surface area contributed by atoms with Crippen LogP contribution in [0, 0.1) is 0 Å². The molecule has 1 N–H and O–H groups in total. The number of carbonyl (C=O) groups excluding carboxylic acids is 1. The normalized spacial score (nSPS) is 12.6. The van der Waals surface area contributed by atoms with Crippen LogP contribution in [0.15, 0.2) is 75.9 Å². The van der Waals surface area contributed by atoms with Crippen LogP contribution >= 0.6 is 0 Å². The van der Waals surface area contributed by atoms with E-state index < -0.39 is 23.3 Å². The Hall–Kier alpha value is -3.81. The monoisotopic (exact) mass is 441 g/mol. The van der Waals surface area contributed by atoms with Crippen molar-refractivity contribution in [3.05, 3.63) is 88.3 Å². The maximum atomic E-state index is 13.1. The summed E-state index contributed by atoms with van der Waals surface area (Å²) in [5.74, 6) is -0.301. The van der Waals surface area contributed by atoms with Crippen LogP contribution in [0.25, 0.3) is 21.7 Å². The van der Waals surface area contributed by atoms with Crippen molar-refractivity contribution in [2.75, 3.05) is 6.61 Å². The molecular formula is C24H18F3NO4. The largest absolute Gasteiger partial charge is 0.484 e. The third kappa shape index (κ3) is 4.59. The first kappa shape index (κ1) is 21.4. The second kappa shape index (κ2) is 8.37. The number of amides is 1. The Kier molecular flexibility index (Phi) is 5.61. The van der Waals surface area contributed by atoms with E-state index in [9.17, 15) is 22.8 Å². The van der Waals surface area contributed by atoms with Crippen molar-refractivity contribution >= 4 is 27.6 Å². The van der Waals surface area contributed by atoms with Gasteiger partial charge in [0.15, 0.2) is 6.61 Å². The maximum absolute atomic E-state index is 13.1. The molecule has 0 aliphatic rings. The highest BCUT2D eigenvalue weighted by molar-refractivity contribution is 5.84. The van der Waals surface area contributed by atoms with Gasteiger partial charge < -0.3 is 14.5 Å². The van der Waals surface area contributed by atoms with Gasteiger partial charge in [0, 0.05) is 17.5 Å². The fourth-order valence-electron chi connectivity index (χ4n) is 3.46. The van der Waals surface area contributed by atoms with E-state index in [1.807, 2.05) is 49.4 Å². The number of rotatable bonds is 5. The summed E-state index contributed by atoms with van der Waals surface area (Å²) in [5.41, 5.74) is -1.56. The molecule has 0 radical (unpaired) electrons. The third-order valence-electron chi connectivity index (χ3n) is 5.04. The zero-order valence-corrected chi connectivity index (χ0v) is 16.9. The Morgan fingerprint density at radius 2 is 1.78 bits per heavy atom. The number of ether oxygens (including phenoxy) is 1. The predicted molar refractivity (Wildman–Crippen MR) is 113 cm³/mol. The second-order valence-corrected chi connectivity index (χ2v) is 7.32. The Morgan fingerprint density at radius 1 is 1.03 bits per heavy atom. The van der Waals surface area contributed by atoms with Crippen LogP contribution in [0.2, 0.25) is 0 Å². The van der Waals surface area contributed by atoms with E-state index in [1.54, 1.807) is 0 Å². The zero-order valence-electron chi connectivity index (χ0n) is 16.9. The lowest BCUT2D eigenvalue weighted by Crippen LogP contribution is -2.31. The molecule has 1 heterocycles. The molecule has 164 valence electrons. The van der Waals surface area contributed by atoms with Crippen LogP contribution in [0.1, 0.15) is 24.1 Å². The molecule has 1 unspecified atom stereocenters. The lowest BCUT2D eigenvalue weighted by molar-refractivity contribution is -0.136. The molecule has 4 rings (SSSR count). The molecule has 0 aliphatic heterocycles. The van der Waals surface area contributed by atoms with Gasteiger partial charge >= 0.3 is 11.8 Å². The van der Waals surface area contributed by atoms with Gasteiger partial charge in [-0.25, -0.2) is 4.79 Å². The van der Waals surface area contributed by atoms with E-state index in [4.69, 9.17) is 9.15 Å². The number of fused-ring (bicyclic) bond motifs is 2. The lowest BCUT2D eigenvalue weighted by atomic mass is 10.0. The molecule has 0 saturated carbocycles. The zero-order chi connectivity index (χ0) is 22.9. The van der Waals surface area contributed by atoms with Crippen LogP contribution in [0.5, 0.6) is 5.75 Å². The number of nitrogens with one attached hydrogen (secondary N) is 1. The Bertz CT molecular complexity index is 1360. The van der Waals surface area contributed by atoms with Crippen LogP contribution in [-0.2, 0) is 11.0 Å². The molecular weight excluding hydrogens is 423 g/mol. The third-order valence-corrected chi connectivity index (χ3v) is 5.04. The molecule has 3 aromatic carbocycles. The molecule has 1 amide bonds. The van der Waals surface area contributed by atoms with E-state index in [0.717, 1.165) is 28.5 Å². The number of hydrogen-bond donors (Lipinski definition) is 1. The van der Waals surface area contributed by atoms with Crippen molar-refractivity contribution in [1.82, 2.24) is 5.32 Å². The minimum absolute atomic E-state index is 0.105. The minimum atomic E-state index is -4.70. The van der Waals surface area contributed by atoms with Crippen molar-refractivity contribution in [3.8, 4) is 5.75 Å². The van der Waals surface area contributed by atoms with E-state index in [1.165, 1.54) is 6.07 Å². The molecule has 1 aromatic heterocycles. The van der Waals surface area contributed by atoms with E-state index in [-0.39, 0.29) is 29.4 Å². The number of hydrogen-bond acceptors (Lipinski definition) is 4. The average Bonchev–Trinajstić information content (AvgIpc) is 2.75. The second-order valence-electron chi connectivity index (χ2n) is 7.32. The Morgan fingerprint density at radius 3 is 2.53 bits per heavy atom. The van der Waals surface area contributed by atoms with Crippen LogP contribution < -0.4 is 15.7 Å². The topological polar surface area (TPSA) is 68.5 Å². The fraction of sp³-hybridized carbons (Fsp3) is 0.167. The Labute approximate surface area is 180 Å². The quantitative estimate of drug-likeness (QED) is 0.431. The summed E-state index contributed by atoms with van der Waals surface area (Å²) in [6, 6.07) is 17.5. The molecule has 0 saturated heterocycles. The van der Waals surface area contributed by atoms with Gasteiger partial charge in [0.1, 0.15) is 11.3 Å². The van der Waals surface area contributed by atoms with E-state index in [0.29, 0.717) is 6.07 Å². The van der Waals surface area contributed by atoms with Crippen molar-refractivity contribution < 1.29 is 27.1 Å². The van der Waals surface area contributed by atoms with Gasteiger partial charge in [-0.05, 0) is 41.5 Å². The first-order valence-corrected chi connectivity index (χ1v) is 9.77. The predicted octanol–water partition coefficient (Wildman–Crippen LogP) is 5.22. The highest BCUT2D eigenvalue weighted by atomic mass is 19.4. The minimum Gasteiger partial charge on any atom is -0.484 e. The number of benzene rings is 3. The van der Waals surface area contributed by atoms with Gasteiger partial charge in [-0.3, -0.25) is 4.79 Å². The summed E-state index contributed by atoms with van der Waals surface area (Å²) in [7, 11) is 0. The van der Waals surface area contributed by atoms with Crippen molar-refractivity contribution in [2.45, 2.75) is 19.1 Å². The molecule has 0 bridgehead atoms. The molecule has 32 heavy (non-hydrogen) atoms. The van der Waals surface area contributed by atoms with E-state index >= 15 is 0 Å². The highest BCUT2D eigenvalue weighted by Crippen LogP contribution is 2.34. The van der Waals surface area contributed by atoms with Gasteiger partial charge in [-0.2, -0.15) is 13.2 Å². The molecule has 1 atom stereocenters. The molecule has 0 aliphatic carbocycles. The fourth-order valence-corrected chi connectivity index (χ4v) is 3.46. The molecule has 0 fully saturated rings.